The summed E-state index contributed by atoms with van der Waals surface area (Å²) in [7, 11) is 0. The third-order valence-electron chi connectivity index (χ3n) is 0.757. The molecule has 0 aliphatic carbocycles. The van der Waals surface area contributed by atoms with Crippen molar-refractivity contribution < 1.29 is 0 Å². The van der Waals surface area contributed by atoms with Gasteiger partial charge in [-0.1, -0.05) is 0 Å². The molecule has 0 rings (SSSR count). The molecule has 0 amide bonds. The van der Waals surface area contributed by atoms with Crippen LogP contribution in [-0.2, 0) is 0 Å². The van der Waals surface area contributed by atoms with Crippen LogP contribution in [0.3, 0.4) is 0 Å². The Balaban J connectivity index is 2.68. The van der Waals surface area contributed by atoms with Gasteiger partial charge in [0.05, 0.1) is 0 Å². The fourth-order valence-electron chi connectivity index (χ4n) is 0.372. The van der Waals surface area contributed by atoms with Crippen molar-refractivity contribution in [3.8, 4) is 0 Å². The first-order chi connectivity index (χ1) is 3.27. The van der Waals surface area contributed by atoms with Gasteiger partial charge in [0.2, 0.25) is 0 Å². The van der Waals surface area contributed by atoms with Crippen LogP contribution in [0.2, 0.25) is 17.0 Å². The quantitative estimate of drug-likeness (QED) is 0.625. The normalized spacial score (nSPS) is 10.3. The van der Waals surface area contributed by atoms with Gasteiger partial charge in [-0.15, -0.1) is 0 Å². The molecule has 0 fully saturated rings. The summed E-state index contributed by atoms with van der Waals surface area (Å²) in [4.78, 5) is 0. The van der Waals surface area contributed by atoms with Crippen LogP contribution in [0.25, 0.3) is 0 Å². The van der Waals surface area contributed by atoms with Gasteiger partial charge < -0.3 is 0 Å². The Bertz CT molecular complexity index is 37.1. The molecule has 1 nitrogen and oxygen atoms in total. The molecule has 0 radical (unpaired) electrons. The SMILES string of the molecule is C[Se+](C)CCCN. The van der Waals surface area contributed by atoms with E-state index in [1.54, 1.807) is 0 Å². The molecule has 0 aromatic carbocycles. The third kappa shape index (κ3) is 6.48. The minimum atomic E-state index is -0.159. The summed E-state index contributed by atoms with van der Waals surface area (Å²) in [5.41, 5.74) is 5.30. The molecule has 0 saturated carbocycles. The summed E-state index contributed by atoms with van der Waals surface area (Å²) in [6.45, 7) is 0.877. The molecule has 2 N–H and O–H groups in total. The Hall–Kier alpha value is 0.479. The molecular weight excluding hydrogens is 153 g/mol. The molecule has 44 valence electrons. The number of nitrogens with two attached hydrogens (primary N) is 1. The number of hydrogen-bond donors (Lipinski definition) is 1. The maximum absolute atomic E-state index is 5.30. The van der Waals surface area contributed by atoms with Crippen LogP contribution in [0.1, 0.15) is 6.42 Å². The van der Waals surface area contributed by atoms with Crippen LogP contribution in [0, 0.1) is 0 Å². The average Bonchev–Trinajstić information content (AvgIpc) is 1.61. The molecule has 0 aromatic rings. The van der Waals surface area contributed by atoms with Gasteiger partial charge in [0, 0.05) is 0 Å². The fourth-order valence-corrected chi connectivity index (χ4v) is 1.93. The van der Waals surface area contributed by atoms with E-state index in [0.29, 0.717) is 0 Å². The summed E-state index contributed by atoms with van der Waals surface area (Å²) in [6, 6.07) is 0. The molecule has 0 saturated heterocycles. The van der Waals surface area contributed by atoms with Gasteiger partial charge >= 0.3 is 49.6 Å². The van der Waals surface area contributed by atoms with Crippen LogP contribution in [0.15, 0.2) is 0 Å². The first-order valence-corrected chi connectivity index (χ1v) is 7.15. The van der Waals surface area contributed by atoms with E-state index in [9.17, 15) is 0 Å². The minimum absolute atomic E-state index is 0.159. The fraction of sp³-hybridized carbons (Fsp3) is 1.00. The van der Waals surface area contributed by atoms with Crippen molar-refractivity contribution in [2.75, 3.05) is 6.54 Å². The van der Waals surface area contributed by atoms with Gasteiger partial charge in [-0.05, 0) is 0 Å². The second-order valence-corrected chi connectivity index (χ2v) is 6.82. The second kappa shape index (κ2) is 4.63. The van der Waals surface area contributed by atoms with Crippen molar-refractivity contribution in [2.45, 2.75) is 23.4 Å². The van der Waals surface area contributed by atoms with E-state index < -0.39 is 0 Å². The molecule has 0 aliphatic heterocycles. The first-order valence-electron chi connectivity index (χ1n) is 2.51. The molecule has 0 aromatic heterocycles. The number of hydrogen-bond acceptors (Lipinski definition) is 1. The van der Waals surface area contributed by atoms with Crippen molar-refractivity contribution in [1.82, 2.24) is 0 Å². The molecule has 0 atom stereocenters. The summed E-state index contributed by atoms with van der Waals surface area (Å²) in [6.07, 6.45) is 1.23. The van der Waals surface area contributed by atoms with E-state index in [0.717, 1.165) is 6.54 Å². The van der Waals surface area contributed by atoms with Gasteiger partial charge in [0.25, 0.3) is 0 Å². The van der Waals surface area contributed by atoms with Crippen molar-refractivity contribution in [3.05, 3.63) is 0 Å². The van der Waals surface area contributed by atoms with Crippen LogP contribution < -0.4 is 5.73 Å². The monoisotopic (exact) mass is 168 g/mol. The molecular formula is C5H14NSe+. The molecule has 7 heavy (non-hydrogen) atoms. The molecule has 0 spiro atoms. The van der Waals surface area contributed by atoms with E-state index in [-0.39, 0.29) is 13.9 Å². The van der Waals surface area contributed by atoms with Gasteiger partial charge in [0.1, 0.15) is 0 Å². The van der Waals surface area contributed by atoms with Crippen molar-refractivity contribution in [1.29, 1.82) is 0 Å². The summed E-state index contributed by atoms with van der Waals surface area (Å²) in [5.74, 6) is 4.69. The van der Waals surface area contributed by atoms with E-state index in [2.05, 4.69) is 11.6 Å². The molecule has 0 aliphatic rings. The Morgan fingerprint density at radius 3 is 2.14 bits per heavy atom. The predicted molar refractivity (Wildman–Crippen MR) is 36.0 cm³/mol. The van der Waals surface area contributed by atoms with E-state index >= 15 is 0 Å². The van der Waals surface area contributed by atoms with Crippen molar-refractivity contribution in [3.63, 3.8) is 0 Å². The second-order valence-electron chi connectivity index (χ2n) is 1.83. The van der Waals surface area contributed by atoms with E-state index in [1.165, 1.54) is 11.7 Å². The zero-order valence-electron chi connectivity index (χ0n) is 5.11. The molecule has 0 unspecified atom stereocenters. The van der Waals surface area contributed by atoms with Gasteiger partial charge in [-0.2, -0.15) is 0 Å². The van der Waals surface area contributed by atoms with Crippen molar-refractivity contribution >= 4 is 13.9 Å². The molecule has 0 bridgehead atoms. The molecule has 0 heterocycles. The van der Waals surface area contributed by atoms with Gasteiger partial charge in [-0.3, -0.25) is 0 Å². The van der Waals surface area contributed by atoms with E-state index in [1.807, 2.05) is 0 Å². The first kappa shape index (κ1) is 7.48. The summed E-state index contributed by atoms with van der Waals surface area (Å²) in [5, 5.41) is 1.40. The van der Waals surface area contributed by atoms with Gasteiger partial charge in [0.15, 0.2) is 0 Å². The average molecular weight is 167 g/mol. The van der Waals surface area contributed by atoms with E-state index in [4.69, 9.17) is 5.73 Å². The van der Waals surface area contributed by atoms with Crippen LogP contribution >= 0.6 is 0 Å². The van der Waals surface area contributed by atoms with Gasteiger partial charge in [-0.25, -0.2) is 0 Å². The Kier molecular flexibility index (Phi) is 4.95. The van der Waals surface area contributed by atoms with Crippen LogP contribution in [0.5, 0.6) is 0 Å². The molecule has 2 heteroatoms. The van der Waals surface area contributed by atoms with Crippen LogP contribution in [0.4, 0.5) is 0 Å². The summed E-state index contributed by atoms with van der Waals surface area (Å²) < 4.78 is 0. The Labute approximate surface area is 50.2 Å². The summed E-state index contributed by atoms with van der Waals surface area (Å²) >= 11 is -0.159. The third-order valence-corrected chi connectivity index (χ3v) is 3.08. The number of rotatable bonds is 3. The van der Waals surface area contributed by atoms with Crippen molar-refractivity contribution in [2.24, 2.45) is 5.73 Å². The topological polar surface area (TPSA) is 26.0 Å². The maximum atomic E-state index is 5.30. The predicted octanol–water partition coefficient (Wildman–Crippen LogP) is 1.09. The van der Waals surface area contributed by atoms with Crippen LogP contribution in [-0.4, -0.2) is 20.4 Å². The zero-order valence-corrected chi connectivity index (χ0v) is 6.82. The zero-order chi connectivity index (χ0) is 5.70. The standard InChI is InChI=1S/C5H14NSe/c1-7(2)5-3-4-6/h3-6H2,1-2H3/q+1. The Morgan fingerprint density at radius 2 is 2.00 bits per heavy atom. The Morgan fingerprint density at radius 1 is 1.43 bits per heavy atom.